The number of unbranched alkanes of at least 4 members (excludes halogenated alkanes) is 5. The maximum absolute atomic E-state index is 12.2. The molecule has 0 saturated carbocycles. The Morgan fingerprint density at radius 2 is 1.43 bits per heavy atom. The third kappa shape index (κ3) is 11.1. The lowest BCUT2D eigenvalue weighted by Crippen LogP contribution is -2.62. The van der Waals surface area contributed by atoms with Gasteiger partial charge in [-0.05, 0) is 38.5 Å². The summed E-state index contributed by atoms with van der Waals surface area (Å²) in [6.07, 6.45) is 8.89. The SMILES string of the molecule is CCC=CCC=CCC=CCCCCCCCC(=O)OCC1OC(CO)(OC2OC(CO)C(O)C(O)C2O)C(O)C1O. The molecule has 0 aromatic rings. The fourth-order valence-corrected chi connectivity index (χ4v) is 4.75. The van der Waals surface area contributed by atoms with E-state index in [1.54, 1.807) is 0 Å². The van der Waals surface area contributed by atoms with E-state index in [1.807, 2.05) is 0 Å². The molecule has 12 nitrogen and oxygen atoms in total. The van der Waals surface area contributed by atoms with E-state index in [1.165, 1.54) is 0 Å². The summed E-state index contributed by atoms with van der Waals surface area (Å²) in [5.41, 5.74) is 0. The van der Waals surface area contributed by atoms with Crippen molar-refractivity contribution in [1.29, 1.82) is 0 Å². The molecular formula is C30H50O12. The molecule has 2 heterocycles. The Hall–Kier alpha value is -1.71. The van der Waals surface area contributed by atoms with Crippen LogP contribution in [0, 0.1) is 0 Å². The van der Waals surface area contributed by atoms with Crippen LogP contribution < -0.4 is 0 Å². The normalized spacial score (nSPS) is 33.8. The van der Waals surface area contributed by atoms with Crippen LogP contribution in [0.1, 0.15) is 71.1 Å². The number of carbonyl (C=O) groups excluding carboxylic acids is 1. The Balaban J connectivity index is 1.65. The molecule has 7 N–H and O–H groups in total. The van der Waals surface area contributed by atoms with Crippen molar-refractivity contribution in [2.45, 2.75) is 126 Å². The Morgan fingerprint density at radius 1 is 0.786 bits per heavy atom. The number of aliphatic hydroxyl groups is 7. The van der Waals surface area contributed by atoms with Crippen LogP contribution in [0.4, 0.5) is 0 Å². The summed E-state index contributed by atoms with van der Waals surface area (Å²) in [4.78, 5) is 12.2. The van der Waals surface area contributed by atoms with Gasteiger partial charge in [0.2, 0.25) is 5.79 Å². The number of carbonyl (C=O) groups is 1. The molecule has 42 heavy (non-hydrogen) atoms. The highest BCUT2D eigenvalue weighted by atomic mass is 16.8. The van der Waals surface area contributed by atoms with Gasteiger partial charge in [0.25, 0.3) is 0 Å². The van der Waals surface area contributed by atoms with Gasteiger partial charge in [0.1, 0.15) is 55.9 Å². The summed E-state index contributed by atoms with van der Waals surface area (Å²) in [6, 6.07) is 0. The highest BCUT2D eigenvalue weighted by Gasteiger charge is 2.58. The monoisotopic (exact) mass is 602 g/mol. The molecule has 2 fully saturated rings. The standard InChI is InChI=1S/C30H50O12/c1-2-3-4-5-6-7-8-9-10-11-12-13-14-15-16-17-23(33)39-19-22-25(35)28(38)30(20-32,41-22)42-29-27(37)26(36)24(34)21(18-31)40-29/h3-4,6-7,9-10,21-22,24-29,31-32,34-38H,2,5,8,11-20H2,1H3. The third-order valence-corrected chi connectivity index (χ3v) is 7.33. The first kappa shape index (κ1) is 36.5. The maximum atomic E-state index is 12.2. The fraction of sp³-hybridized carbons (Fsp3) is 0.767. The van der Waals surface area contributed by atoms with Crippen LogP contribution in [0.25, 0.3) is 0 Å². The average Bonchev–Trinajstić information content (AvgIpc) is 3.23. The van der Waals surface area contributed by atoms with Crippen molar-refractivity contribution >= 4 is 5.97 Å². The van der Waals surface area contributed by atoms with Crippen LogP contribution in [0.5, 0.6) is 0 Å². The summed E-state index contributed by atoms with van der Waals surface area (Å²) in [5, 5.41) is 70.4. The van der Waals surface area contributed by atoms with Crippen molar-refractivity contribution < 1.29 is 59.5 Å². The molecule has 0 amide bonds. The second-order valence-corrected chi connectivity index (χ2v) is 10.7. The summed E-state index contributed by atoms with van der Waals surface area (Å²) in [7, 11) is 0. The van der Waals surface area contributed by atoms with E-state index in [4.69, 9.17) is 18.9 Å². The van der Waals surface area contributed by atoms with E-state index in [9.17, 15) is 40.5 Å². The zero-order valence-corrected chi connectivity index (χ0v) is 24.4. The predicted octanol–water partition coefficient (Wildman–Crippen LogP) is 0.745. The van der Waals surface area contributed by atoms with Gasteiger partial charge in [0.15, 0.2) is 6.29 Å². The second kappa shape index (κ2) is 19.5. The largest absolute Gasteiger partial charge is 0.463 e. The number of ether oxygens (including phenoxy) is 4. The smallest absolute Gasteiger partial charge is 0.305 e. The van der Waals surface area contributed by atoms with Crippen molar-refractivity contribution in [3.8, 4) is 0 Å². The van der Waals surface area contributed by atoms with Crippen molar-refractivity contribution in [2.24, 2.45) is 0 Å². The molecule has 2 saturated heterocycles. The fourth-order valence-electron chi connectivity index (χ4n) is 4.75. The van der Waals surface area contributed by atoms with Gasteiger partial charge in [-0.25, -0.2) is 0 Å². The first-order chi connectivity index (χ1) is 20.2. The highest BCUT2D eigenvalue weighted by Crippen LogP contribution is 2.36. The lowest BCUT2D eigenvalue weighted by molar-refractivity contribution is -0.383. The van der Waals surface area contributed by atoms with Gasteiger partial charge in [-0.15, -0.1) is 0 Å². The highest BCUT2D eigenvalue weighted by molar-refractivity contribution is 5.69. The average molecular weight is 603 g/mol. The molecule has 0 bridgehead atoms. The lowest BCUT2D eigenvalue weighted by Gasteiger charge is -2.43. The molecule has 12 heteroatoms. The molecule has 2 rings (SSSR count). The molecule has 0 spiro atoms. The third-order valence-electron chi connectivity index (χ3n) is 7.33. The predicted molar refractivity (Wildman–Crippen MR) is 152 cm³/mol. The van der Waals surface area contributed by atoms with E-state index in [-0.39, 0.29) is 6.42 Å². The molecule has 9 unspecified atom stereocenters. The quantitative estimate of drug-likeness (QED) is 0.0623. The van der Waals surface area contributed by atoms with Crippen LogP contribution in [0.15, 0.2) is 36.5 Å². The van der Waals surface area contributed by atoms with E-state index in [0.29, 0.717) is 6.42 Å². The van der Waals surface area contributed by atoms with Gasteiger partial charge >= 0.3 is 5.97 Å². The number of allylic oxidation sites excluding steroid dienone is 6. The lowest BCUT2D eigenvalue weighted by atomic mass is 9.99. The van der Waals surface area contributed by atoms with E-state index in [2.05, 4.69) is 43.4 Å². The van der Waals surface area contributed by atoms with Crippen LogP contribution in [0.2, 0.25) is 0 Å². The summed E-state index contributed by atoms with van der Waals surface area (Å²) < 4.78 is 21.4. The minimum Gasteiger partial charge on any atom is -0.463 e. The van der Waals surface area contributed by atoms with Gasteiger partial charge in [-0.2, -0.15) is 0 Å². The molecule has 0 aromatic carbocycles. The molecule has 0 aromatic heterocycles. The maximum Gasteiger partial charge on any atom is 0.305 e. The van der Waals surface area contributed by atoms with Gasteiger partial charge < -0.3 is 54.7 Å². The first-order valence-electron chi connectivity index (χ1n) is 14.9. The van der Waals surface area contributed by atoms with Gasteiger partial charge in [0.05, 0.1) is 6.61 Å². The van der Waals surface area contributed by atoms with Crippen molar-refractivity contribution in [3.05, 3.63) is 36.5 Å². The minimum absolute atomic E-state index is 0.178. The van der Waals surface area contributed by atoms with Crippen LogP contribution >= 0.6 is 0 Å². The van der Waals surface area contributed by atoms with Crippen LogP contribution in [0.3, 0.4) is 0 Å². The zero-order chi connectivity index (χ0) is 31.0. The topological polar surface area (TPSA) is 196 Å². The van der Waals surface area contributed by atoms with E-state index >= 15 is 0 Å². The van der Waals surface area contributed by atoms with E-state index < -0.39 is 80.6 Å². The molecule has 242 valence electrons. The van der Waals surface area contributed by atoms with E-state index in [0.717, 1.165) is 51.4 Å². The van der Waals surface area contributed by atoms with Crippen LogP contribution in [-0.2, 0) is 23.7 Å². The molecule has 0 radical (unpaired) electrons. The Bertz CT molecular complexity index is 846. The number of rotatable bonds is 19. The summed E-state index contributed by atoms with van der Waals surface area (Å²) in [5.74, 6) is -2.79. The van der Waals surface area contributed by atoms with Gasteiger partial charge in [-0.3, -0.25) is 4.79 Å². The molecule has 2 aliphatic heterocycles. The number of esters is 1. The molecule has 9 atom stereocenters. The molecule has 2 aliphatic rings. The van der Waals surface area contributed by atoms with Crippen molar-refractivity contribution in [2.75, 3.05) is 19.8 Å². The Kier molecular flexibility index (Phi) is 17.0. The Morgan fingerprint density at radius 3 is 2.10 bits per heavy atom. The van der Waals surface area contributed by atoms with Gasteiger partial charge in [-0.1, -0.05) is 62.6 Å². The molecular weight excluding hydrogens is 552 g/mol. The summed E-state index contributed by atoms with van der Waals surface area (Å²) >= 11 is 0. The Labute approximate surface area is 247 Å². The minimum atomic E-state index is -2.29. The van der Waals surface area contributed by atoms with Crippen molar-refractivity contribution in [1.82, 2.24) is 0 Å². The van der Waals surface area contributed by atoms with Crippen molar-refractivity contribution in [3.63, 3.8) is 0 Å². The first-order valence-corrected chi connectivity index (χ1v) is 14.9. The summed E-state index contributed by atoms with van der Waals surface area (Å²) in [6.45, 7) is -0.00901. The number of hydrogen-bond acceptors (Lipinski definition) is 12. The van der Waals surface area contributed by atoms with Gasteiger partial charge in [0, 0.05) is 6.42 Å². The number of hydrogen-bond donors (Lipinski definition) is 7. The zero-order valence-electron chi connectivity index (χ0n) is 24.4. The van der Waals surface area contributed by atoms with Crippen LogP contribution in [-0.4, -0.2) is 116 Å². The number of aliphatic hydroxyl groups excluding tert-OH is 7. The molecule has 0 aliphatic carbocycles. The second-order valence-electron chi connectivity index (χ2n) is 10.7.